The van der Waals surface area contributed by atoms with E-state index in [1.165, 1.54) is 5.56 Å². The van der Waals surface area contributed by atoms with Crippen molar-refractivity contribution in [2.45, 2.75) is 50.6 Å². The van der Waals surface area contributed by atoms with Gasteiger partial charge < -0.3 is 15.5 Å². The van der Waals surface area contributed by atoms with Gasteiger partial charge in [0.2, 0.25) is 17.7 Å². The first-order valence-corrected chi connectivity index (χ1v) is 9.38. The van der Waals surface area contributed by atoms with Crippen molar-refractivity contribution in [3.05, 3.63) is 35.9 Å². The molecule has 1 aromatic rings. The minimum atomic E-state index is -0.587. The van der Waals surface area contributed by atoms with E-state index in [0.717, 1.165) is 6.42 Å². The zero-order chi connectivity index (χ0) is 18.3. The van der Waals surface area contributed by atoms with E-state index in [4.69, 9.17) is 0 Å². The van der Waals surface area contributed by atoms with Crippen LogP contribution in [0.15, 0.2) is 30.3 Å². The van der Waals surface area contributed by atoms with Crippen LogP contribution in [0.3, 0.4) is 0 Å². The van der Waals surface area contributed by atoms with E-state index >= 15 is 0 Å². The number of benzene rings is 1. The van der Waals surface area contributed by atoms with Crippen LogP contribution < -0.4 is 10.6 Å². The molecule has 2 N–H and O–H groups in total. The second kappa shape index (κ2) is 6.41. The molecule has 3 fully saturated rings. The number of hydrogen-bond donors (Lipinski definition) is 2. The number of carbonyl (C=O) groups is 3. The third-order valence-corrected chi connectivity index (χ3v) is 6.01. The molecule has 3 aliphatic rings. The molecule has 0 bridgehead atoms. The summed E-state index contributed by atoms with van der Waals surface area (Å²) in [5, 5.41) is 5.82. The van der Waals surface area contributed by atoms with Crippen molar-refractivity contribution >= 4 is 17.7 Å². The third kappa shape index (κ3) is 3.20. The Morgan fingerprint density at radius 1 is 1.27 bits per heavy atom. The maximum atomic E-state index is 12.7. The molecule has 26 heavy (non-hydrogen) atoms. The van der Waals surface area contributed by atoms with Crippen LogP contribution in [-0.4, -0.2) is 47.8 Å². The van der Waals surface area contributed by atoms with Crippen LogP contribution in [0.2, 0.25) is 0 Å². The highest BCUT2D eigenvalue weighted by Crippen LogP contribution is 2.46. The minimum absolute atomic E-state index is 0.00168. The Morgan fingerprint density at radius 3 is 2.73 bits per heavy atom. The fraction of sp³-hybridized carbons (Fsp3) is 0.550. The molecule has 0 spiro atoms. The number of carbonyl (C=O) groups excluding carboxylic acids is 3. The van der Waals surface area contributed by atoms with Crippen molar-refractivity contribution < 1.29 is 14.4 Å². The number of hydrogen-bond acceptors (Lipinski definition) is 3. The van der Waals surface area contributed by atoms with Crippen molar-refractivity contribution in [3.63, 3.8) is 0 Å². The van der Waals surface area contributed by atoms with Gasteiger partial charge in [-0.25, -0.2) is 0 Å². The highest BCUT2D eigenvalue weighted by molar-refractivity contribution is 5.88. The fourth-order valence-corrected chi connectivity index (χ4v) is 4.15. The van der Waals surface area contributed by atoms with E-state index < -0.39 is 5.41 Å². The molecular formula is C20H25N3O3. The van der Waals surface area contributed by atoms with E-state index in [0.29, 0.717) is 38.3 Å². The number of nitrogens with one attached hydrogen (secondary N) is 2. The molecule has 0 aromatic heterocycles. The number of nitrogens with zero attached hydrogens (tertiary/aromatic N) is 1. The Labute approximate surface area is 153 Å². The van der Waals surface area contributed by atoms with Crippen molar-refractivity contribution in [1.82, 2.24) is 15.5 Å². The molecule has 1 saturated carbocycles. The summed E-state index contributed by atoms with van der Waals surface area (Å²) in [7, 11) is 0. The van der Waals surface area contributed by atoms with Crippen LogP contribution >= 0.6 is 0 Å². The second-order valence-electron chi connectivity index (χ2n) is 8.08. The summed E-state index contributed by atoms with van der Waals surface area (Å²) in [6.45, 7) is 2.82. The Morgan fingerprint density at radius 2 is 2.04 bits per heavy atom. The van der Waals surface area contributed by atoms with Gasteiger partial charge in [0, 0.05) is 37.9 Å². The number of piperidine rings is 1. The Kier molecular flexibility index (Phi) is 4.21. The Hall–Kier alpha value is -2.37. The molecule has 2 heterocycles. The first kappa shape index (κ1) is 17.1. The summed E-state index contributed by atoms with van der Waals surface area (Å²) in [6, 6.07) is 10.4. The molecule has 2 aliphatic heterocycles. The second-order valence-corrected chi connectivity index (χ2v) is 8.08. The van der Waals surface area contributed by atoms with Crippen LogP contribution in [0.25, 0.3) is 0 Å². The predicted molar refractivity (Wildman–Crippen MR) is 96.2 cm³/mol. The molecule has 3 amide bonds. The molecular weight excluding hydrogens is 330 g/mol. The van der Waals surface area contributed by atoms with E-state index in [1.807, 2.05) is 30.0 Å². The topological polar surface area (TPSA) is 78.5 Å². The first-order valence-electron chi connectivity index (χ1n) is 9.38. The zero-order valence-corrected chi connectivity index (χ0v) is 15.0. The fourth-order valence-electron chi connectivity index (χ4n) is 4.15. The molecule has 4 unspecified atom stereocenters. The van der Waals surface area contributed by atoms with E-state index in [2.05, 4.69) is 22.8 Å². The van der Waals surface area contributed by atoms with Gasteiger partial charge >= 0.3 is 0 Å². The van der Waals surface area contributed by atoms with Crippen molar-refractivity contribution in [1.29, 1.82) is 0 Å². The van der Waals surface area contributed by atoms with Gasteiger partial charge in [0.05, 0.1) is 11.5 Å². The van der Waals surface area contributed by atoms with Gasteiger partial charge in [0.15, 0.2) is 0 Å². The predicted octanol–water partition coefficient (Wildman–Crippen LogP) is 1.18. The van der Waals surface area contributed by atoms with Gasteiger partial charge in [0.1, 0.15) is 0 Å². The van der Waals surface area contributed by atoms with Crippen LogP contribution in [-0.2, 0) is 14.4 Å². The first-order chi connectivity index (χ1) is 12.5. The number of likely N-dealkylation sites (tertiary alicyclic amines) is 1. The molecule has 138 valence electrons. The molecule has 4 atom stereocenters. The summed E-state index contributed by atoms with van der Waals surface area (Å²) >= 11 is 0. The molecule has 4 rings (SSSR count). The quantitative estimate of drug-likeness (QED) is 0.851. The van der Waals surface area contributed by atoms with Crippen LogP contribution in [0.1, 0.15) is 44.1 Å². The van der Waals surface area contributed by atoms with E-state index in [-0.39, 0.29) is 29.8 Å². The standard InChI is InChI=1S/C20H25N3O3/c1-20(8-7-17(24)21-12-20)19(26)22-14-9-18(25)23(11-14)16-10-15(16)13-5-3-2-4-6-13/h2-6,14-16H,7-12H2,1H3,(H,21,24)(H,22,26). The smallest absolute Gasteiger partial charge is 0.228 e. The minimum Gasteiger partial charge on any atom is -0.355 e. The lowest BCUT2D eigenvalue weighted by Gasteiger charge is -2.33. The third-order valence-electron chi connectivity index (χ3n) is 6.01. The molecule has 2 saturated heterocycles. The highest BCUT2D eigenvalue weighted by atomic mass is 16.2. The van der Waals surface area contributed by atoms with E-state index in [1.54, 1.807) is 0 Å². The number of rotatable bonds is 4. The maximum absolute atomic E-state index is 12.7. The molecule has 6 heteroatoms. The van der Waals surface area contributed by atoms with Gasteiger partial charge in [-0.2, -0.15) is 0 Å². The maximum Gasteiger partial charge on any atom is 0.228 e. The summed E-state index contributed by atoms with van der Waals surface area (Å²) in [5.74, 6) is 0.479. The van der Waals surface area contributed by atoms with E-state index in [9.17, 15) is 14.4 Å². The molecule has 1 aromatic carbocycles. The van der Waals surface area contributed by atoms with Gasteiger partial charge in [-0.1, -0.05) is 30.3 Å². The van der Waals surface area contributed by atoms with Crippen molar-refractivity contribution in [2.75, 3.05) is 13.1 Å². The van der Waals surface area contributed by atoms with Gasteiger partial charge in [-0.05, 0) is 25.3 Å². The summed E-state index contributed by atoms with van der Waals surface area (Å²) < 4.78 is 0. The average molecular weight is 355 g/mol. The van der Waals surface area contributed by atoms with Gasteiger partial charge in [-0.15, -0.1) is 0 Å². The van der Waals surface area contributed by atoms with Crippen molar-refractivity contribution in [2.24, 2.45) is 5.41 Å². The lowest BCUT2D eigenvalue weighted by molar-refractivity contribution is -0.135. The van der Waals surface area contributed by atoms with Gasteiger partial charge in [0.25, 0.3) is 0 Å². The average Bonchev–Trinajstić information content (AvgIpc) is 3.35. The van der Waals surface area contributed by atoms with Crippen molar-refractivity contribution in [3.8, 4) is 0 Å². The molecule has 0 radical (unpaired) electrons. The van der Waals surface area contributed by atoms with Crippen LogP contribution in [0.5, 0.6) is 0 Å². The van der Waals surface area contributed by atoms with Crippen LogP contribution in [0.4, 0.5) is 0 Å². The largest absolute Gasteiger partial charge is 0.355 e. The summed E-state index contributed by atoms with van der Waals surface area (Å²) in [6.07, 6.45) is 2.29. The zero-order valence-electron chi connectivity index (χ0n) is 15.0. The number of amides is 3. The van der Waals surface area contributed by atoms with Crippen LogP contribution in [0, 0.1) is 5.41 Å². The van der Waals surface area contributed by atoms with Gasteiger partial charge in [-0.3, -0.25) is 14.4 Å². The SMILES string of the molecule is CC1(C(=O)NC2CC(=O)N(C3CC3c3ccccc3)C2)CCC(=O)NC1. The lowest BCUT2D eigenvalue weighted by atomic mass is 9.81. The molecule has 6 nitrogen and oxygen atoms in total. The normalized spacial score (nSPS) is 33.7. The summed E-state index contributed by atoms with van der Waals surface area (Å²) in [4.78, 5) is 38.4. The molecule has 1 aliphatic carbocycles. The summed E-state index contributed by atoms with van der Waals surface area (Å²) in [5.41, 5.74) is 0.694. The Balaban J connectivity index is 1.34. The Bertz CT molecular complexity index is 723. The monoisotopic (exact) mass is 355 g/mol. The highest BCUT2D eigenvalue weighted by Gasteiger charge is 2.48. The lowest BCUT2D eigenvalue weighted by Crippen LogP contribution is -2.53.